The number of hydrogen-bond acceptors (Lipinski definition) is 3. The molecule has 0 bridgehead atoms. The maximum Gasteiger partial charge on any atom is 0.257 e. The Hall–Kier alpha value is -1.72. The lowest BCUT2D eigenvalue weighted by molar-refractivity contribution is 0.0620. The Labute approximate surface area is 105 Å². The van der Waals surface area contributed by atoms with Gasteiger partial charge >= 0.3 is 0 Å². The van der Waals surface area contributed by atoms with Crippen LogP contribution < -0.4 is 5.32 Å². The van der Waals surface area contributed by atoms with E-state index in [2.05, 4.69) is 10.3 Å². The highest BCUT2D eigenvalue weighted by Crippen LogP contribution is 2.17. The summed E-state index contributed by atoms with van der Waals surface area (Å²) < 4.78 is 24.5. The molecule has 1 aromatic heterocycles. The molecule has 0 atom stereocenters. The standard InChI is InChI=1S/C12H17F2N3O/c1-4-15-10-5-8(2)16-6-9(10)12(18)17(3)7-11(13)14/h5-6,11H,4,7H2,1-3H3,(H,15,16). The van der Waals surface area contributed by atoms with Crippen LogP contribution in [0.4, 0.5) is 14.5 Å². The van der Waals surface area contributed by atoms with E-state index in [1.165, 1.54) is 13.2 Å². The zero-order valence-corrected chi connectivity index (χ0v) is 10.7. The minimum atomic E-state index is -2.54. The smallest absolute Gasteiger partial charge is 0.257 e. The molecule has 0 saturated carbocycles. The molecule has 0 spiro atoms. The lowest BCUT2D eigenvalue weighted by atomic mass is 10.2. The zero-order valence-electron chi connectivity index (χ0n) is 10.7. The number of nitrogens with one attached hydrogen (secondary N) is 1. The van der Waals surface area contributed by atoms with E-state index in [1.807, 2.05) is 6.92 Å². The summed E-state index contributed by atoms with van der Waals surface area (Å²) in [6, 6.07) is 1.73. The van der Waals surface area contributed by atoms with Crippen LogP contribution in [0.2, 0.25) is 0 Å². The lowest BCUT2D eigenvalue weighted by Gasteiger charge is -2.18. The fourth-order valence-corrected chi connectivity index (χ4v) is 1.56. The number of carbonyl (C=O) groups excluding carboxylic acids is 1. The summed E-state index contributed by atoms with van der Waals surface area (Å²) in [6.07, 6.45) is -1.13. The molecular formula is C12H17F2N3O. The lowest BCUT2D eigenvalue weighted by Crippen LogP contribution is -2.32. The topological polar surface area (TPSA) is 45.2 Å². The van der Waals surface area contributed by atoms with E-state index in [0.29, 0.717) is 17.8 Å². The molecule has 0 fully saturated rings. The molecule has 0 radical (unpaired) electrons. The number of nitrogens with zero attached hydrogens (tertiary/aromatic N) is 2. The van der Waals surface area contributed by atoms with Crippen molar-refractivity contribution < 1.29 is 13.6 Å². The van der Waals surface area contributed by atoms with Crippen LogP contribution in [0, 0.1) is 6.92 Å². The Bertz CT molecular complexity index is 424. The molecule has 1 aromatic rings. The SMILES string of the molecule is CCNc1cc(C)ncc1C(=O)N(C)CC(F)F. The van der Waals surface area contributed by atoms with Crippen molar-refractivity contribution in [2.24, 2.45) is 0 Å². The van der Waals surface area contributed by atoms with Crippen molar-refractivity contribution in [3.63, 3.8) is 0 Å². The molecule has 0 aromatic carbocycles. The van der Waals surface area contributed by atoms with Crippen LogP contribution in [-0.4, -0.2) is 42.4 Å². The number of hydrogen-bond donors (Lipinski definition) is 1. The summed E-state index contributed by atoms with van der Waals surface area (Å²) in [7, 11) is 1.35. The number of halogens is 2. The fourth-order valence-electron chi connectivity index (χ4n) is 1.56. The molecule has 1 rings (SSSR count). The van der Waals surface area contributed by atoms with Crippen LogP contribution in [0.15, 0.2) is 12.3 Å². The van der Waals surface area contributed by atoms with Gasteiger partial charge in [-0.15, -0.1) is 0 Å². The minimum absolute atomic E-state index is 0.311. The first kappa shape index (κ1) is 14.3. The molecule has 1 amide bonds. The second kappa shape index (κ2) is 6.28. The van der Waals surface area contributed by atoms with Crippen molar-refractivity contribution in [3.05, 3.63) is 23.5 Å². The first-order chi connectivity index (χ1) is 8.45. The van der Waals surface area contributed by atoms with Crippen molar-refractivity contribution in [1.29, 1.82) is 0 Å². The number of alkyl halides is 2. The highest BCUT2D eigenvalue weighted by Gasteiger charge is 2.19. The summed E-state index contributed by atoms with van der Waals surface area (Å²) in [4.78, 5) is 17.0. The van der Waals surface area contributed by atoms with Crippen molar-refractivity contribution in [1.82, 2.24) is 9.88 Å². The molecular weight excluding hydrogens is 240 g/mol. The first-order valence-electron chi connectivity index (χ1n) is 5.69. The Morgan fingerprint density at radius 3 is 2.78 bits per heavy atom. The molecule has 18 heavy (non-hydrogen) atoms. The van der Waals surface area contributed by atoms with Crippen LogP contribution in [0.5, 0.6) is 0 Å². The molecule has 6 heteroatoms. The van der Waals surface area contributed by atoms with E-state index >= 15 is 0 Å². The van der Waals surface area contributed by atoms with E-state index in [0.717, 1.165) is 10.6 Å². The first-order valence-corrected chi connectivity index (χ1v) is 5.69. The summed E-state index contributed by atoms with van der Waals surface area (Å²) in [5, 5.41) is 3.03. The van der Waals surface area contributed by atoms with Crippen LogP contribution in [-0.2, 0) is 0 Å². The molecule has 1 N–H and O–H groups in total. The molecule has 4 nitrogen and oxygen atoms in total. The minimum Gasteiger partial charge on any atom is -0.385 e. The van der Waals surface area contributed by atoms with Gasteiger partial charge in [0, 0.05) is 25.5 Å². The Kier molecular flexibility index (Phi) is 5.00. The molecule has 0 aliphatic heterocycles. The van der Waals surface area contributed by atoms with Gasteiger partial charge in [0.05, 0.1) is 17.8 Å². The van der Waals surface area contributed by atoms with Crippen molar-refractivity contribution in [2.75, 3.05) is 25.5 Å². The Morgan fingerprint density at radius 2 is 2.22 bits per heavy atom. The predicted octanol–water partition coefficient (Wildman–Crippen LogP) is 2.16. The third-order valence-corrected chi connectivity index (χ3v) is 2.40. The number of anilines is 1. The van der Waals surface area contributed by atoms with Crippen molar-refractivity contribution >= 4 is 11.6 Å². The van der Waals surface area contributed by atoms with E-state index < -0.39 is 18.9 Å². The second-order valence-electron chi connectivity index (χ2n) is 3.98. The molecule has 100 valence electrons. The van der Waals surface area contributed by atoms with Crippen LogP contribution in [0.25, 0.3) is 0 Å². The predicted molar refractivity (Wildman–Crippen MR) is 66.1 cm³/mol. The van der Waals surface area contributed by atoms with Crippen LogP contribution in [0.1, 0.15) is 23.0 Å². The Morgan fingerprint density at radius 1 is 1.56 bits per heavy atom. The quantitative estimate of drug-likeness (QED) is 0.879. The Balaban J connectivity index is 2.97. The maximum atomic E-state index is 12.2. The highest BCUT2D eigenvalue weighted by molar-refractivity contribution is 5.99. The fraction of sp³-hybridized carbons (Fsp3) is 0.500. The van der Waals surface area contributed by atoms with E-state index in [9.17, 15) is 13.6 Å². The van der Waals surface area contributed by atoms with Gasteiger partial charge in [-0.3, -0.25) is 9.78 Å². The number of rotatable bonds is 5. The summed E-state index contributed by atoms with van der Waals surface area (Å²) >= 11 is 0. The average molecular weight is 257 g/mol. The monoisotopic (exact) mass is 257 g/mol. The number of aryl methyl sites for hydroxylation is 1. The van der Waals surface area contributed by atoms with Crippen molar-refractivity contribution in [3.8, 4) is 0 Å². The number of aromatic nitrogens is 1. The number of pyridine rings is 1. The van der Waals surface area contributed by atoms with Crippen LogP contribution in [0.3, 0.4) is 0 Å². The largest absolute Gasteiger partial charge is 0.385 e. The third-order valence-electron chi connectivity index (χ3n) is 2.40. The van der Waals surface area contributed by atoms with Gasteiger partial charge in [-0.05, 0) is 19.9 Å². The van der Waals surface area contributed by atoms with Gasteiger partial charge in [-0.2, -0.15) is 0 Å². The number of amides is 1. The van der Waals surface area contributed by atoms with Gasteiger partial charge in [0.2, 0.25) is 0 Å². The number of carbonyl (C=O) groups is 1. The second-order valence-corrected chi connectivity index (χ2v) is 3.98. The summed E-state index contributed by atoms with van der Waals surface area (Å²) in [5.41, 5.74) is 1.70. The van der Waals surface area contributed by atoms with E-state index in [4.69, 9.17) is 0 Å². The van der Waals surface area contributed by atoms with E-state index in [-0.39, 0.29) is 0 Å². The zero-order chi connectivity index (χ0) is 13.7. The van der Waals surface area contributed by atoms with Crippen LogP contribution >= 0.6 is 0 Å². The van der Waals surface area contributed by atoms with Gasteiger partial charge in [0.1, 0.15) is 0 Å². The van der Waals surface area contributed by atoms with Crippen molar-refractivity contribution in [2.45, 2.75) is 20.3 Å². The summed E-state index contributed by atoms with van der Waals surface area (Å²) in [6.45, 7) is 3.76. The normalized spacial score (nSPS) is 10.6. The van der Waals surface area contributed by atoms with Gasteiger partial charge < -0.3 is 10.2 Å². The molecule has 0 aliphatic carbocycles. The van der Waals surface area contributed by atoms with E-state index in [1.54, 1.807) is 13.0 Å². The van der Waals surface area contributed by atoms with Gasteiger partial charge in [-0.1, -0.05) is 0 Å². The molecule has 0 unspecified atom stereocenters. The maximum absolute atomic E-state index is 12.2. The van der Waals surface area contributed by atoms with Gasteiger partial charge in [0.15, 0.2) is 0 Å². The summed E-state index contributed by atoms with van der Waals surface area (Å²) in [5.74, 6) is -0.459. The van der Waals surface area contributed by atoms with Gasteiger partial charge in [0.25, 0.3) is 12.3 Å². The third kappa shape index (κ3) is 3.65. The molecule has 0 aliphatic rings. The highest BCUT2D eigenvalue weighted by atomic mass is 19.3. The molecule has 0 saturated heterocycles. The van der Waals surface area contributed by atoms with Gasteiger partial charge in [-0.25, -0.2) is 8.78 Å². The molecule has 1 heterocycles. The average Bonchev–Trinajstić information content (AvgIpc) is 2.28.